The standard InChI is InChI=1S/C23H30F4N2O/c24-18-9-17(21(26)27)10-19(11-18)28-22(30)16-5-7-23(8-6-16)13-29(14-23)12-20(25)15-3-1-2-4-15/h9-11,15-16,20-21H,1-8,12-14H2,(H,28,30). The maximum absolute atomic E-state index is 14.4. The van der Waals surface area contributed by atoms with Gasteiger partial charge in [0.1, 0.15) is 12.0 Å². The van der Waals surface area contributed by atoms with Crippen LogP contribution in [-0.2, 0) is 4.79 Å². The van der Waals surface area contributed by atoms with Crippen LogP contribution in [0.25, 0.3) is 0 Å². The van der Waals surface area contributed by atoms with Gasteiger partial charge in [-0.2, -0.15) is 0 Å². The van der Waals surface area contributed by atoms with Gasteiger partial charge in [-0.3, -0.25) is 9.69 Å². The summed E-state index contributed by atoms with van der Waals surface area (Å²) >= 11 is 0. The van der Waals surface area contributed by atoms with Gasteiger partial charge in [0.25, 0.3) is 6.43 Å². The zero-order valence-corrected chi connectivity index (χ0v) is 17.2. The van der Waals surface area contributed by atoms with Crippen LogP contribution in [0.15, 0.2) is 18.2 Å². The van der Waals surface area contributed by atoms with Crippen molar-refractivity contribution in [3.63, 3.8) is 0 Å². The third-order valence-corrected chi connectivity index (χ3v) is 7.32. The van der Waals surface area contributed by atoms with Crippen LogP contribution in [0.4, 0.5) is 23.2 Å². The number of rotatable bonds is 6. The number of halogens is 4. The van der Waals surface area contributed by atoms with E-state index in [9.17, 15) is 22.4 Å². The number of carbonyl (C=O) groups excluding carboxylic acids is 1. The Bertz CT molecular complexity index is 750. The van der Waals surface area contributed by atoms with Crippen molar-refractivity contribution in [1.29, 1.82) is 0 Å². The van der Waals surface area contributed by atoms with Gasteiger partial charge in [-0.05, 0) is 68.1 Å². The summed E-state index contributed by atoms with van der Waals surface area (Å²) in [4.78, 5) is 14.8. The third kappa shape index (κ3) is 4.82. The van der Waals surface area contributed by atoms with E-state index < -0.39 is 24.0 Å². The van der Waals surface area contributed by atoms with Crippen LogP contribution < -0.4 is 5.32 Å². The number of carbonyl (C=O) groups is 1. The molecular weight excluding hydrogens is 396 g/mol. The Morgan fingerprint density at radius 3 is 2.37 bits per heavy atom. The molecule has 1 atom stereocenters. The molecule has 2 aliphatic carbocycles. The lowest BCUT2D eigenvalue weighted by atomic mass is 9.65. The molecule has 0 aromatic heterocycles. The molecule has 30 heavy (non-hydrogen) atoms. The number of hydrogen-bond acceptors (Lipinski definition) is 2. The van der Waals surface area contributed by atoms with Gasteiger partial charge in [0.15, 0.2) is 0 Å². The largest absolute Gasteiger partial charge is 0.326 e. The predicted molar refractivity (Wildman–Crippen MR) is 108 cm³/mol. The van der Waals surface area contributed by atoms with E-state index in [-0.39, 0.29) is 28.8 Å². The highest BCUT2D eigenvalue weighted by Crippen LogP contribution is 2.46. The number of benzene rings is 1. The van der Waals surface area contributed by atoms with Crippen LogP contribution >= 0.6 is 0 Å². The van der Waals surface area contributed by atoms with Gasteiger partial charge in [-0.1, -0.05) is 12.8 Å². The van der Waals surface area contributed by atoms with E-state index in [1.54, 1.807) is 0 Å². The average Bonchev–Trinajstić information content (AvgIpc) is 3.21. The first-order chi connectivity index (χ1) is 14.3. The monoisotopic (exact) mass is 426 g/mol. The van der Waals surface area contributed by atoms with E-state index in [0.29, 0.717) is 6.54 Å². The minimum Gasteiger partial charge on any atom is -0.326 e. The molecule has 1 spiro atoms. The van der Waals surface area contributed by atoms with Crippen molar-refractivity contribution < 1.29 is 22.4 Å². The van der Waals surface area contributed by atoms with Crippen LogP contribution in [0.1, 0.15) is 63.4 Å². The molecule has 3 nitrogen and oxygen atoms in total. The van der Waals surface area contributed by atoms with E-state index in [4.69, 9.17) is 0 Å². The van der Waals surface area contributed by atoms with Crippen LogP contribution in [0, 0.1) is 23.1 Å². The summed E-state index contributed by atoms with van der Waals surface area (Å²) in [6, 6.07) is 2.97. The molecule has 3 aliphatic rings. The summed E-state index contributed by atoms with van der Waals surface area (Å²) in [6.07, 6.45) is 4.08. The molecule has 1 aliphatic heterocycles. The van der Waals surface area contributed by atoms with E-state index >= 15 is 0 Å². The molecule has 166 valence electrons. The maximum atomic E-state index is 14.4. The average molecular weight is 426 g/mol. The zero-order valence-electron chi connectivity index (χ0n) is 17.2. The molecule has 1 N–H and O–H groups in total. The Hall–Kier alpha value is -1.63. The summed E-state index contributed by atoms with van der Waals surface area (Å²) in [5.74, 6) is -0.995. The fraction of sp³-hybridized carbons (Fsp3) is 0.696. The summed E-state index contributed by atoms with van der Waals surface area (Å²) < 4.78 is 53.7. The Morgan fingerprint density at radius 1 is 1.07 bits per heavy atom. The molecule has 4 rings (SSSR count). The van der Waals surface area contributed by atoms with Gasteiger partial charge in [-0.15, -0.1) is 0 Å². The summed E-state index contributed by atoms with van der Waals surface area (Å²) in [5.41, 5.74) is -0.175. The number of nitrogens with zero attached hydrogens (tertiary/aromatic N) is 1. The van der Waals surface area contributed by atoms with Crippen LogP contribution in [0.5, 0.6) is 0 Å². The first-order valence-electron chi connectivity index (χ1n) is 11.1. The molecule has 1 saturated heterocycles. The Kier molecular flexibility index (Phi) is 6.37. The minimum atomic E-state index is -2.79. The molecule has 0 bridgehead atoms. The predicted octanol–water partition coefficient (Wildman–Crippen LogP) is 5.72. The van der Waals surface area contributed by atoms with E-state index in [2.05, 4.69) is 10.2 Å². The number of alkyl halides is 3. The van der Waals surface area contributed by atoms with Crippen molar-refractivity contribution in [1.82, 2.24) is 4.90 Å². The molecule has 1 unspecified atom stereocenters. The molecule has 1 aromatic carbocycles. The SMILES string of the molecule is O=C(Nc1cc(F)cc(C(F)F)c1)C1CCC2(CC1)CN(CC(F)C1CCCC1)C2. The van der Waals surface area contributed by atoms with Crippen molar-refractivity contribution >= 4 is 11.6 Å². The highest BCUT2D eigenvalue weighted by molar-refractivity contribution is 5.92. The number of nitrogens with one attached hydrogen (secondary N) is 1. The molecule has 3 fully saturated rings. The molecule has 1 heterocycles. The van der Waals surface area contributed by atoms with Crippen molar-refractivity contribution in [3.8, 4) is 0 Å². The van der Waals surface area contributed by atoms with Crippen LogP contribution in [0.3, 0.4) is 0 Å². The summed E-state index contributed by atoms with van der Waals surface area (Å²) in [7, 11) is 0. The Morgan fingerprint density at radius 2 is 1.73 bits per heavy atom. The number of anilines is 1. The summed E-state index contributed by atoms with van der Waals surface area (Å²) in [6.45, 7) is 2.33. The maximum Gasteiger partial charge on any atom is 0.264 e. The van der Waals surface area contributed by atoms with Crippen molar-refractivity contribution in [2.75, 3.05) is 25.0 Å². The second-order valence-electron chi connectivity index (χ2n) is 9.57. The smallest absolute Gasteiger partial charge is 0.264 e. The van der Waals surface area contributed by atoms with E-state index in [1.165, 1.54) is 0 Å². The third-order valence-electron chi connectivity index (χ3n) is 7.32. The lowest BCUT2D eigenvalue weighted by Gasteiger charge is -2.54. The lowest BCUT2D eigenvalue weighted by Crippen LogP contribution is -2.59. The molecule has 2 saturated carbocycles. The number of likely N-dealkylation sites (tertiary alicyclic amines) is 1. The fourth-order valence-corrected chi connectivity index (χ4v) is 5.61. The van der Waals surface area contributed by atoms with E-state index in [1.807, 2.05) is 0 Å². The van der Waals surface area contributed by atoms with Crippen molar-refractivity contribution in [2.45, 2.75) is 64.0 Å². The quantitative estimate of drug-likeness (QED) is 0.590. The molecule has 0 radical (unpaired) electrons. The van der Waals surface area contributed by atoms with Crippen molar-refractivity contribution in [2.24, 2.45) is 17.3 Å². The summed E-state index contributed by atoms with van der Waals surface area (Å²) in [5, 5.41) is 2.60. The number of hydrogen-bond donors (Lipinski definition) is 1. The number of amides is 1. The van der Waals surface area contributed by atoms with Gasteiger partial charge in [0.05, 0.1) is 0 Å². The minimum absolute atomic E-state index is 0.0753. The van der Waals surface area contributed by atoms with Gasteiger partial charge in [0, 0.05) is 36.8 Å². The molecule has 1 amide bonds. The lowest BCUT2D eigenvalue weighted by molar-refractivity contribution is -0.123. The Balaban J connectivity index is 1.23. The highest BCUT2D eigenvalue weighted by atomic mass is 19.3. The van der Waals surface area contributed by atoms with Crippen molar-refractivity contribution in [3.05, 3.63) is 29.6 Å². The first kappa shape index (κ1) is 21.6. The van der Waals surface area contributed by atoms with Crippen LogP contribution in [0.2, 0.25) is 0 Å². The van der Waals surface area contributed by atoms with Gasteiger partial charge < -0.3 is 5.32 Å². The van der Waals surface area contributed by atoms with E-state index in [0.717, 1.165) is 82.7 Å². The molecular formula is C23H30F4N2O. The van der Waals surface area contributed by atoms with Gasteiger partial charge >= 0.3 is 0 Å². The normalized spacial score (nSPS) is 23.6. The van der Waals surface area contributed by atoms with Gasteiger partial charge in [0.2, 0.25) is 5.91 Å². The zero-order chi connectivity index (χ0) is 21.3. The highest BCUT2D eigenvalue weighted by Gasteiger charge is 2.46. The second-order valence-corrected chi connectivity index (χ2v) is 9.57. The Labute approximate surface area is 175 Å². The second kappa shape index (κ2) is 8.85. The van der Waals surface area contributed by atoms with Crippen LogP contribution in [-0.4, -0.2) is 36.6 Å². The topological polar surface area (TPSA) is 32.3 Å². The van der Waals surface area contributed by atoms with Gasteiger partial charge in [-0.25, -0.2) is 17.6 Å². The first-order valence-corrected chi connectivity index (χ1v) is 11.1. The fourth-order valence-electron chi connectivity index (χ4n) is 5.61. The molecule has 7 heteroatoms. The molecule has 1 aromatic rings.